The van der Waals surface area contributed by atoms with E-state index < -0.39 is 12.1 Å². The highest BCUT2D eigenvalue weighted by molar-refractivity contribution is 5.89. The van der Waals surface area contributed by atoms with Gasteiger partial charge in [0.1, 0.15) is 6.61 Å². The first-order chi connectivity index (χ1) is 8.67. The van der Waals surface area contributed by atoms with E-state index in [-0.39, 0.29) is 19.8 Å². The summed E-state index contributed by atoms with van der Waals surface area (Å²) >= 11 is 0. The van der Waals surface area contributed by atoms with Crippen molar-refractivity contribution in [3.63, 3.8) is 0 Å². The second-order valence-electron chi connectivity index (χ2n) is 3.40. The molecule has 6 nitrogen and oxygen atoms in total. The van der Waals surface area contributed by atoms with Gasteiger partial charge in [-0.3, -0.25) is 0 Å². The molecule has 2 N–H and O–H groups in total. The van der Waals surface area contributed by atoms with Crippen LogP contribution in [0.25, 0.3) is 0 Å². The quantitative estimate of drug-likeness (QED) is 0.754. The standard InChI is InChI=1S/C12H15NO5/c1-17-11(15)10-4-2-9(3-5-10)8-13-12(16)18-7-6-14/h2-5,14H,6-8H2,1H3,(H,13,16). The molecule has 0 fully saturated rings. The van der Waals surface area contributed by atoms with Crippen LogP contribution >= 0.6 is 0 Å². The molecule has 0 heterocycles. The molecule has 0 bridgehead atoms. The molecule has 1 aromatic carbocycles. The molecule has 1 aromatic rings. The van der Waals surface area contributed by atoms with Gasteiger partial charge in [-0.1, -0.05) is 12.1 Å². The maximum absolute atomic E-state index is 11.2. The van der Waals surface area contributed by atoms with Crippen molar-refractivity contribution in [3.05, 3.63) is 35.4 Å². The van der Waals surface area contributed by atoms with Crippen LogP contribution in [-0.4, -0.2) is 37.5 Å². The van der Waals surface area contributed by atoms with E-state index in [0.717, 1.165) is 5.56 Å². The number of carbonyl (C=O) groups is 2. The molecule has 0 aliphatic rings. The lowest BCUT2D eigenvalue weighted by Crippen LogP contribution is -2.24. The van der Waals surface area contributed by atoms with E-state index in [1.54, 1.807) is 24.3 Å². The Labute approximate surface area is 105 Å². The Bertz CT molecular complexity index is 401. The summed E-state index contributed by atoms with van der Waals surface area (Å²) in [6.07, 6.45) is -0.596. The minimum Gasteiger partial charge on any atom is -0.465 e. The summed E-state index contributed by atoms with van der Waals surface area (Å²) in [6, 6.07) is 6.64. The van der Waals surface area contributed by atoms with E-state index >= 15 is 0 Å². The van der Waals surface area contributed by atoms with Gasteiger partial charge in [0.25, 0.3) is 0 Å². The van der Waals surface area contributed by atoms with E-state index in [9.17, 15) is 9.59 Å². The Morgan fingerprint density at radius 2 is 1.94 bits per heavy atom. The van der Waals surface area contributed by atoms with Gasteiger partial charge in [0.2, 0.25) is 0 Å². The van der Waals surface area contributed by atoms with Crippen molar-refractivity contribution >= 4 is 12.1 Å². The van der Waals surface area contributed by atoms with Crippen LogP contribution < -0.4 is 5.32 Å². The fourth-order valence-electron chi connectivity index (χ4n) is 1.24. The van der Waals surface area contributed by atoms with Crippen LogP contribution in [0.4, 0.5) is 4.79 Å². The number of alkyl carbamates (subject to hydrolysis) is 1. The summed E-state index contributed by atoms with van der Waals surface area (Å²) in [5.74, 6) is -0.406. The number of nitrogens with one attached hydrogen (secondary N) is 1. The number of methoxy groups -OCH3 is 1. The van der Waals surface area contributed by atoms with Crippen molar-refractivity contribution in [3.8, 4) is 0 Å². The van der Waals surface area contributed by atoms with Gasteiger partial charge in [0.05, 0.1) is 19.3 Å². The number of hydrogen-bond donors (Lipinski definition) is 2. The Balaban J connectivity index is 2.44. The summed E-state index contributed by atoms with van der Waals surface area (Å²) in [7, 11) is 1.31. The lowest BCUT2D eigenvalue weighted by Gasteiger charge is -2.06. The summed E-state index contributed by atoms with van der Waals surface area (Å²) in [6.45, 7) is 0.0417. The molecular formula is C12H15NO5. The number of ether oxygens (including phenoxy) is 2. The zero-order valence-corrected chi connectivity index (χ0v) is 10.0. The van der Waals surface area contributed by atoms with Crippen LogP contribution in [0.15, 0.2) is 24.3 Å². The van der Waals surface area contributed by atoms with E-state index in [1.807, 2.05) is 0 Å². The van der Waals surface area contributed by atoms with Crippen LogP contribution in [0.1, 0.15) is 15.9 Å². The molecule has 0 unspecified atom stereocenters. The molecule has 1 amide bonds. The van der Waals surface area contributed by atoms with Crippen LogP contribution in [0.3, 0.4) is 0 Å². The van der Waals surface area contributed by atoms with Gasteiger partial charge in [0, 0.05) is 6.54 Å². The Hall–Kier alpha value is -2.08. The number of hydrogen-bond acceptors (Lipinski definition) is 5. The zero-order valence-electron chi connectivity index (χ0n) is 10.0. The number of carbonyl (C=O) groups excluding carboxylic acids is 2. The summed E-state index contributed by atoms with van der Waals surface area (Å²) in [4.78, 5) is 22.3. The molecule has 98 valence electrons. The van der Waals surface area contributed by atoms with Gasteiger partial charge in [-0.25, -0.2) is 9.59 Å². The van der Waals surface area contributed by atoms with Crippen LogP contribution in [-0.2, 0) is 16.0 Å². The maximum atomic E-state index is 11.2. The molecule has 0 aromatic heterocycles. The Morgan fingerprint density at radius 1 is 1.28 bits per heavy atom. The molecule has 18 heavy (non-hydrogen) atoms. The molecule has 0 radical (unpaired) electrons. The Kier molecular flexibility index (Phi) is 5.66. The summed E-state index contributed by atoms with van der Waals surface area (Å²) < 4.78 is 9.18. The largest absolute Gasteiger partial charge is 0.465 e. The minimum absolute atomic E-state index is 0.0346. The molecular weight excluding hydrogens is 238 g/mol. The molecule has 0 atom stereocenters. The van der Waals surface area contributed by atoms with Gasteiger partial charge in [-0.05, 0) is 17.7 Å². The molecule has 0 aliphatic carbocycles. The van der Waals surface area contributed by atoms with Gasteiger partial charge < -0.3 is 19.9 Å². The third kappa shape index (κ3) is 4.42. The average molecular weight is 253 g/mol. The second-order valence-corrected chi connectivity index (χ2v) is 3.40. The minimum atomic E-state index is -0.596. The summed E-state index contributed by atoms with van der Waals surface area (Å²) in [5, 5.41) is 11.0. The maximum Gasteiger partial charge on any atom is 0.407 e. The summed E-state index contributed by atoms with van der Waals surface area (Å²) in [5.41, 5.74) is 1.27. The molecule has 0 saturated carbocycles. The number of aliphatic hydroxyl groups is 1. The van der Waals surface area contributed by atoms with Crippen molar-refractivity contribution < 1.29 is 24.2 Å². The van der Waals surface area contributed by atoms with Crippen molar-refractivity contribution in [1.29, 1.82) is 0 Å². The van der Waals surface area contributed by atoms with E-state index in [1.165, 1.54) is 7.11 Å². The number of amides is 1. The SMILES string of the molecule is COC(=O)c1ccc(CNC(=O)OCCO)cc1. The van der Waals surface area contributed by atoms with E-state index in [2.05, 4.69) is 14.8 Å². The highest BCUT2D eigenvalue weighted by Gasteiger charge is 2.05. The lowest BCUT2D eigenvalue weighted by atomic mass is 10.1. The predicted octanol–water partition coefficient (Wildman–Crippen LogP) is 0.692. The Morgan fingerprint density at radius 3 is 2.50 bits per heavy atom. The molecule has 0 spiro atoms. The fourth-order valence-corrected chi connectivity index (χ4v) is 1.24. The fraction of sp³-hybridized carbons (Fsp3) is 0.333. The van der Waals surface area contributed by atoms with Crippen molar-refractivity contribution in [2.75, 3.05) is 20.3 Å². The van der Waals surface area contributed by atoms with Gasteiger partial charge in [-0.15, -0.1) is 0 Å². The number of rotatable bonds is 5. The smallest absolute Gasteiger partial charge is 0.407 e. The first-order valence-corrected chi connectivity index (χ1v) is 5.36. The second kappa shape index (κ2) is 7.29. The average Bonchev–Trinajstić information content (AvgIpc) is 2.42. The number of benzene rings is 1. The first kappa shape index (κ1) is 14.0. The first-order valence-electron chi connectivity index (χ1n) is 5.36. The van der Waals surface area contributed by atoms with Crippen molar-refractivity contribution in [2.45, 2.75) is 6.54 Å². The number of aliphatic hydroxyl groups excluding tert-OH is 1. The van der Waals surface area contributed by atoms with E-state index in [4.69, 9.17) is 5.11 Å². The van der Waals surface area contributed by atoms with Gasteiger partial charge >= 0.3 is 12.1 Å². The zero-order chi connectivity index (χ0) is 13.4. The lowest BCUT2D eigenvalue weighted by molar-refractivity contribution is 0.0600. The number of esters is 1. The third-order valence-corrected chi connectivity index (χ3v) is 2.14. The molecule has 0 saturated heterocycles. The van der Waals surface area contributed by atoms with Gasteiger partial charge in [0.15, 0.2) is 0 Å². The highest BCUT2D eigenvalue weighted by Crippen LogP contribution is 2.05. The van der Waals surface area contributed by atoms with Crippen molar-refractivity contribution in [2.24, 2.45) is 0 Å². The molecule has 6 heteroatoms. The monoisotopic (exact) mass is 253 g/mol. The van der Waals surface area contributed by atoms with Crippen LogP contribution in [0, 0.1) is 0 Å². The highest BCUT2D eigenvalue weighted by atomic mass is 16.6. The topological polar surface area (TPSA) is 84.9 Å². The third-order valence-electron chi connectivity index (χ3n) is 2.14. The predicted molar refractivity (Wildman–Crippen MR) is 63.1 cm³/mol. The normalized spacial score (nSPS) is 9.67. The van der Waals surface area contributed by atoms with Crippen molar-refractivity contribution in [1.82, 2.24) is 5.32 Å². The van der Waals surface area contributed by atoms with Crippen LogP contribution in [0.2, 0.25) is 0 Å². The van der Waals surface area contributed by atoms with E-state index in [0.29, 0.717) is 5.56 Å². The molecule has 0 aliphatic heterocycles. The van der Waals surface area contributed by atoms with Gasteiger partial charge in [-0.2, -0.15) is 0 Å². The molecule has 1 rings (SSSR count). The van der Waals surface area contributed by atoms with Crippen LogP contribution in [0.5, 0.6) is 0 Å².